The van der Waals surface area contributed by atoms with Crippen LogP contribution in [0.2, 0.25) is 0 Å². The first-order chi connectivity index (χ1) is 9.29. The first-order valence-corrected chi connectivity index (χ1v) is 6.92. The van der Waals surface area contributed by atoms with Gasteiger partial charge in [-0.3, -0.25) is 0 Å². The number of benzene rings is 1. The quantitative estimate of drug-likeness (QED) is 0.929. The molecule has 1 aromatic heterocycles. The molecular formula is C13H15N3O2S. The number of fused-ring (bicyclic) bond motifs is 1. The van der Waals surface area contributed by atoms with Crippen molar-refractivity contribution in [1.29, 1.82) is 0 Å². The molecule has 1 aromatic carbocycles. The zero-order valence-corrected chi connectivity index (χ0v) is 11.7. The minimum Gasteiger partial charge on any atom is -0.486 e. The third-order valence-electron chi connectivity index (χ3n) is 3.14. The molecule has 1 N–H and O–H groups in total. The van der Waals surface area contributed by atoms with Crippen molar-refractivity contribution in [3.8, 4) is 11.5 Å². The highest BCUT2D eigenvalue weighted by Crippen LogP contribution is 2.35. The van der Waals surface area contributed by atoms with Crippen LogP contribution in [0.4, 0.5) is 0 Å². The molecular weight excluding hydrogens is 262 g/mol. The third kappa shape index (κ3) is 2.29. The predicted octanol–water partition coefficient (Wildman–Crippen LogP) is 1.93. The van der Waals surface area contributed by atoms with Gasteiger partial charge in [-0.25, -0.2) is 0 Å². The molecule has 6 heteroatoms. The Kier molecular flexibility index (Phi) is 3.35. The molecule has 0 fully saturated rings. The smallest absolute Gasteiger partial charge is 0.161 e. The molecule has 1 aliphatic heterocycles. The fraction of sp³-hybridized carbons (Fsp3) is 0.385. The zero-order valence-electron chi connectivity index (χ0n) is 10.8. The van der Waals surface area contributed by atoms with Crippen LogP contribution in [0.5, 0.6) is 11.5 Å². The summed E-state index contributed by atoms with van der Waals surface area (Å²) in [5.41, 5.74) is 2.08. The van der Waals surface area contributed by atoms with E-state index in [9.17, 15) is 0 Å². The van der Waals surface area contributed by atoms with Crippen molar-refractivity contribution in [3.63, 3.8) is 0 Å². The van der Waals surface area contributed by atoms with Crippen LogP contribution in [0.15, 0.2) is 18.2 Å². The van der Waals surface area contributed by atoms with Gasteiger partial charge in [-0.15, -0.1) is 5.10 Å². The maximum atomic E-state index is 5.63. The van der Waals surface area contributed by atoms with Crippen LogP contribution in [0.1, 0.15) is 22.2 Å². The normalized spacial score (nSPS) is 15.3. The van der Waals surface area contributed by atoms with Crippen LogP contribution >= 0.6 is 11.5 Å². The second-order valence-corrected chi connectivity index (χ2v) is 5.13. The zero-order chi connectivity index (χ0) is 13.2. The second-order valence-electron chi connectivity index (χ2n) is 4.35. The molecule has 0 radical (unpaired) electrons. The van der Waals surface area contributed by atoms with Gasteiger partial charge in [0.05, 0.1) is 16.6 Å². The molecule has 2 heterocycles. The molecule has 0 amide bonds. The van der Waals surface area contributed by atoms with Gasteiger partial charge in [0.15, 0.2) is 11.5 Å². The molecule has 1 unspecified atom stereocenters. The van der Waals surface area contributed by atoms with Crippen molar-refractivity contribution >= 4 is 11.5 Å². The van der Waals surface area contributed by atoms with Crippen LogP contribution in [0.3, 0.4) is 0 Å². The Bertz CT molecular complexity index is 585. The van der Waals surface area contributed by atoms with Gasteiger partial charge < -0.3 is 14.8 Å². The fourth-order valence-electron chi connectivity index (χ4n) is 2.19. The van der Waals surface area contributed by atoms with Crippen LogP contribution in [0, 0.1) is 6.92 Å². The van der Waals surface area contributed by atoms with Gasteiger partial charge in [-0.05, 0) is 43.2 Å². The lowest BCUT2D eigenvalue weighted by Gasteiger charge is -2.21. The number of aromatic nitrogens is 2. The Labute approximate surface area is 115 Å². The van der Waals surface area contributed by atoms with Gasteiger partial charge in [0, 0.05) is 0 Å². The van der Waals surface area contributed by atoms with Crippen molar-refractivity contribution in [2.75, 3.05) is 20.3 Å². The van der Waals surface area contributed by atoms with E-state index in [4.69, 9.17) is 9.47 Å². The highest BCUT2D eigenvalue weighted by molar-refractivity contribution is 7.05. The predicted molar refractivity (Wildman–Crippen MR) is 73.0 cm³/mol. The van der Waals surface area contributed by atoms with E-state index in [1.54, 1.807) is 0 Å². The summed E-state index contributed by atoms with van der Waals surface area (Å²) < 4.78 is 15.2. The average molecular weight is 277 g/mol. The Balaban J connectivity index is 1.98. The number of hydrogen-bond donors (Lipinski definition) is 1. The molecule has 100 valence electrons. The summed E-state index contributed by atoms with van der Waals surface area (Å²) in [6, 6.07) is 6.11. The SMILES string of the molecule is CNC(c1ccc2c(c1)OCCO2)c1snnc1C. The molecule has 1 aliphatic rings. The highest BCUT2D eigenvalue weighted by Gasteiger charge is 2.20. The molecule has 1 atom stereocenters. The Morgan fingerprint density at radius 2 is 2.05 bits per heavy atom. The Hall–Kier alpha value is -1.66. The van der Waals surface area contributed by atoms with E-state index in [2.05, 4.69) is 14.9 Å². The standard InChI is InChI=1S/C13H15N3O2S/c1-8-13(19-16-15-8)12(14-2)9-3-4-10-11(7-9)18-6-5-17-10/h3-4,7,12,14H,5-6H2,1-2H3. The molecule has 2 aromatic rings. The van der Waals surface area contributed by atoms with Crippen LogP contribution in [0.25, 0.3) is 0 Å². The molecule has 0 bridgehead atoms. The van der Waals surface area contributed by atoms with Gasteiger partial charge in [0.1, 0.15) is 13.2 Å². The summed E-state index contributed by atoms with van der Waals surface area (Å²) in [6.45, 7) is 3.18. The van der Waals surface area contributed by atoms with E-state index in [0.29, 0.717) is 13.2 Å². The van der Waals surface area contributed by atoms with Crippen molar-refractivity contribution in [2.45, 2.75) is 13.0 Å². The first kappa shape index (κ1) is 12.4. The van der Waals surface area contributed by atoms with Gasteiger partial charge in [0.25, 0.3) is 0 Å². The van der Waals surface area contributed by atoms with Crippen molar-refractivity contribution in [1.82, 2.24) is 14.9 Å². The van der Waals surface area contributed by atoms with E-state index in [-0.39, 0.29) is 6.04 Å². The highest BCUT2D eigenvalue weighted by atomic mass is 32.1. The Morgan fingerprint density at radius 1 is 1.26 bits per heavy atom. The topological polar surface area (TPSA) is 56.3 Å². The average Bonchev–Trinajstić information content (AvgIpc) is 2.86. The number of aryl methyl sites for hydroxylation is 1. The van der Waals surface area contributed by atoms with Crippen molar-refractivity contribution in [3.05, 3.63) is 34.3 Å². The lowest BCUT2D eigenvalue weighted by molar-refractivity contribution is 0.171. The summed E-state index contributed by atoms with van der Waals surface area (Å²) in [4.78, 5) is 1.12. The molecule has 0 saturated heterocycles. The largest absolute Gasteiger partial charge is 0.486 e. The van der Waals surface area contributed by atoms with Gasteiger partial charge in [-0.2, -0.15) is 0 Å². The van der Waals surface area contributed by atoms with E-state index in [1.165, 1.54) is 11.5 Å². The minimum atomic E-state index is 0.0795. The van der Waals surface area contributed by atoms with Crippen LogP contribution in [-0.2, 0) is 0 Å². The lowest BCUT2D eigenvalue weighted by Crippen LogP contribution is -2.19. The van der Waals surface area contributed by atoms with E-state index in [1.807, 2.05) is 32.2 Å². The molecule has 0 aliphatic carbocycles. The van der Waals surface area contributed by atoms with Crippen molar-refractivity contribution in [2.24, 2.45) is 0 Å². The molecule has 19 heavy (non-hydrogen) atoms. The first-order valence-electron chi connectivity index (χ1n) is 6.15. The van der Waals surface area contributed by atoms with E-state index >= 15 is 0 Å². The minimum absolute atomic E-state index is 0.0795. The number of nitrogens with one attached hydrogen (secondary N) is 1. The van der Waals surface area contributed by atoms with E-state index in [0.717, 1.165) is 27.6 Å². The number of hydrogen-bond acceptors (Lipinski definition) is 6. The second kappa shape index (κ2) is 5.14. The number of ether oxygens (including phenoxy) is 2. The third-order valence-corrected chi connectivity index (χ3v) is 4.03. The number of nitrogens with zero attached hydrogens (tertiary/aromatic N) is 2. The van der Waals surface area contributed by atoms with Crippen LogP contribution < -0.4 is 14.8 Å². The molecule has 5 nitrogen and oxygen atoms in total. The van der Waals surface area contributed by atoms with Crippen molar-refractivity contribution < 1.29 is 9.47 Å². The van der Waals surface area contributed by atoms with E-state index < -0.39 is 0 Å². The van der Waals surface area contributed by atoms with Gasteiger partial charge in [0.2, 0.25) is 0 Å². The van der Waals surface area contributed by atoms with Gasteiger partial charge >= 0.3 is 0 Å². The maximum Gasteiger partial charge on any atom is 0.161 e. The summed E-state index contributed by atoms with van der Waals surface area (Å²) in [7, 11) is 1.93. The Morgan fingerprint density at radius 3 is 2.74 bits per heavy atom. The summed E-state index contributed by atoms with van der Waals surface area (Å²) in [5, 5.41) is 7.37. The fourth-order valence-corrected chi connectivity index (χ4v) is 2.97. The maximum absolute atomic E-state index is 5.63. The lowest BCUT2D eigenvalue weighted by atomic mass is 10.0. The number of rotatable bonds is 3. The molecule has 0 spiro atoms. The summed E-state index contributed by atoms with van der Waals surface area (Å²) in [6.07, 6.45) is 0. The molecule has 3 rings (SSSR count). The summed E-state index contributed by atoms with van der Waals surface area (Å²) >= 11 is 1.42. The van der Waals surface area contributed by atoms with Gasteiger partial charge in [-0.1, -0.05) is 10.6 Å². The van der Waals surface area contributed by atoms with Crippen LogP contribution in [-0.4, -0.2) is 29.8 Å². The monoisotopic (exact) mass is 277 g/mol. The molecule has 0 saturated carbocycles. The summed E-state index contributed by atoms with van der Waals surface area (Å²) in [5.74, 6) is 1.61.